The number of aryl methyl sites for hydroxylation is 1. The number of hydrogen-bond donors (Lipinski definition) is 3. The number of aliphatic hydroxyl groups excluding tert-OH is 1. The van der Waals surface area contributed by atoms with E-state index in [0.717, 1.165) is 35.1 Å². The molecule has 0 bridgehead atoms. The van der Waals surface area contributed by atoms with E-state index in [1.54, 1.807) is 18.2 Å². The number of aromatic hydroxyl groups is 1. The first-order valence-electron chi connectivity index (χ1n) is 9.08. The summed E-state index contributed by atoms with van der Waals surface area (Å²) in [6.45, 7) is 7.95. The zero-order valence-corrected chi connectivity index (χ0v) is 16.7. The van der Waals surface area contributed by atoms with Crippen molar-refractivity contribution in [3.63, 3.8) is 0 Å². The molecule has 1 aromatic carbocycles. The van der Waals surface area contributed by atoms with Crippen molar-refractivity contribution in [3.05, 3.63) is 52.3 Å². The maximum absolute atomic E-state index is 10.2. The van der Waals surface area contributed by atoms with Gasteiger partial charge in [0.25, 0.3) is 0 Å². The van der Waals surface area contributed by atoms with Crippen molar-refractivity contribution in [2.45, 2.75) is 58.5 Å². The normalized spacial score (nSPS) is 15.7. The highest BCUT2D eigenvalue weighted by Crippen LogP contribution is 2.38. The highest BCUT2D eigenvalue weighted by atomic mass is 16.9. The summed E-state index contributed by atoms with van der Waals surface area (Å²) in [5.74, 6) is 6.57. The lowest BCUT2D eigenvalue weighted by atomic mass is 9.80. The first-order valence-corrected chi connectivity index (χ1v) is 9.08. The number of rotatable bonds is 8. The molecule has 0 fully saturated rings. The number of phenolic OH excluding ortho intramolecular Hbond substituents is 1. The average molecular weight is 371 g/mol. The van der Waals surface area contributed by atoms with Gasteiger partial charge in [0.2, 0.25) is 0 Å². The molecule has 1 unspecified atom stereocenters. The molecule has 5 heteroatoms. The monoisotopic (exact) mass is 371 g/mol. The molecule has 3 N–H and O–H groups in total. The van der Waals surface area contributed by atoms with Gasteiger partial charge in [0, 0.05) is 11.5 Å². The van der Waals surface area contributed by atoms with E-state index >= 15 is 0 Å². The predicted molar refractivity (Wildman–Crippen MR) is 106 cm³/mol. The summed E-state index contributed by atoms with van der Waals surface area (Å²) in [6.07, 6.45) is 3.62. The van der Waals surface area contributed by atoms with E-state index in [0.29, 0.717) is 6.42 Å². The Morgan fingerprint density at radius 3 is 2.70 bits per heavy atom. The van der Waals surface area contributed by atoms with Crippen LogP contribution in [0.25, 0.3) is 0 Å². The lowest BCUT2D eigenvalue weighted by Crippen LogP contribution is -2.32. The third-order valence-corrected chi connectivity index (χ3v) is 4.75. The third-order valence-electron chi connectivity index (χ3n) is 4.75. The molecule has 0 spiro atoms. The molecular formula is C22H29NO4. The van der Waals surface area contributed by atoms with Gasteiger partial charge in [-0.05, 0) is 75.4 Å². The summed E-state index contributed by atoms with van der Waals surface area (Å²) in [4.78, 5) is 10.3. The molecule has 0 saturated heterocycles. The fraction of sp³-hybridized carbons (Fsp3) is 0.455. The molecule has 0 aliphatic heterocycles. The Balaban J connectivity index is 2.42. The molecule has 1 aliphatic carbocycles. The van der Waals surface area contributed by atoms with Gasteiger partial charge >= 0.3 is 0 Å². The van der Waals surface area contributed by atoms with Gasteiger partial charge in [0.1, 0.15) is 11.5 Å². The fourth-order valence-corrected chi connectivity index (χ4v) is 3.22. The van der Waals surface area contributed by atoms with Gasteiger partial charge in [0.05, 0.1) is 19.1 Å². The lowest BCUT2D eigenvalue weighted by Gasteiger charge is -2.28. The SMILES string of the molecule is CONOC(C)(C)CCC(C1=C(C)C#CCC(O)=C1)c1cc(O)ccc1C. The fourth-order valence-electron chi connectivity index (χ4n) is 3.22. The average Bonchev–Trinajstić information content (AvgIpc) is 2.77. The Labute approximate surface area is 161 Å². The second kappa shape index (κ2) is 9.09. The van der Waals surface area contributed by atoms with Crippen molar-refractivity contribution in [1.29, 1.82) is 0 Å². The van der Waals surface area contributed by atoms with E-state index in [9.17, 15) is 10.2 Å². The van der Waals surface area contributed by atoms with Crippen LogP contribution in [0.5, 0.6) is 5.75 Å². The van der Waals surface area contributed by atoms with Gasteiger partial charge in [-0.1, -0.05) is 23.6 Å². The molecular weight excluding hydrogens is 342 g/mol. The Morgan fingerprint density at radius 2 is 2.00 bits per heavy atom. The van der Waals surface area contributed by atoms with Crippen LogP contribution in [0.3, 0.4) is 0 Å². The molecule has 1 atom stereocenters. The number of allylic oxidation sites excluding steroid dienone is 4. The van der Waals surface area contributed by atoms with E-state index in [-0.39, 0.29) is 17.4 Å². The van der Waals surface area contributed by atoms with Crippen LogP contribution in [0.2, 0.25) is 0 Å². The number of phenols is 1. The quantitative estimate of drug-likeness (QED) is 0.460. The van der Waals surface area contributed by atoms with Gasteiger partial charge in [-0.2, -0.15) is 0 Å². The number of aliphatic hydroxyl groups is 1. The molecule has 0 saturated carbocycles. The molecule has 0 amide bonds. The molecule has 5 nitrogen and oxygen atoms in total. The Morgan fingerprint density at radius 1 is 1.26 bits per heavy atom. The first kappa shape index (κ1) is 21.0. The summed E-state index contributed by atoms with van der Waals surface area (Å²) in [5.41, 5.74) is 6.00. The van der Waals surface area contributed by atoms with Gasteiger partial charge in [-0.3, -0.25) is 9.68 Å². The van der Waals surface area contributed by atoms with Crippen molar-refractivity contribution < 1.29 is 19.9 Å². The first-order chi connectivity index (χ1) is 12.7. The molecule has 146 valence electrons. The van der Waals surface area contributed by atoms with E-state index in [4.69, 9.17) is 9.68 Å². The van der Waals surface area contributed by atoms with Crippen molar-refractivity contribution in [2.75, 3.05) is 7.11 Å². The second-order valence-corrected chi connectivity index (χ2v) is 7.48. The van der Waals surface area contributed by atoms with Crippen molar-refractivity contribution in [1.82, 2.24) is 5.64 Å². The van der Waals surface area contributed by atoms with E-state index in [1.807, 2.05) is 33.8 Å². The largest absolute Gasteiger partial charge is 0.511 e. The lowest BCUT2D eigenvalue weighted by molar-refractivity contribution is -0.216. The van der Waals surface area contributed by atoms with Crippen LogP contribution >= 0.6 is 0 Å². The van der Waals surface area contributed by atoms with Crippen LogP contribution in [-0.2, 0) is 9.68 Å². The standard InChI is InChI=1S/C22H29NO4/c1-15-7-6-8-17(24)13-20(15)19(11-12-22(3,4)27-23-26-5)21-14-18(25)10-9-16(21)2/h9-10,13-14,19,23-25H,8,11-12H2,1-5H3. The summed E-state index contributed by atoms with van der Waals surface area (Å²) >= 11 is 0. The molecule has 27 heavy (non-hydrogen) atoms. The van der Waals surface area contributed by atoms with Crippen LogP contribution in [0, 0.1) is 18.8 Å². The topological polar surface area (TPSA) is 71.0 Å². The number of benzene rings is 1. The molecule has 0 heterocycles. The van der Waals surface area contributed by atoms with E-state index in [1.165, 1.54) is 7.11 Å². The zero-order chi connectivity index (χ0) is 20.0. The highest BCUT2D eigenvalue weighted by Gasteiger charge is 2.26. The van der Waals surface area contributed by atoms with Gasteiger partial charge < -0.3 is 10.2 Å². The van der Waals surface area contributed by atoms with Crippen LogP contribution < -0.4 is 5.64 Å². The van der Waals surface area contributed by atoms with Crippen LogP contribution in [0.15, 0.2) is 41.2 Å². The summed E-state index contributed by atoms with van der Waals surface area (Å²) in [6, 6.07) is 5.39. The Kier molecular flexibility index (Phi) is 7.09. The van der Waals surface area contributed by atoms with Crippen LogP contribution in [0.4, 0.5) is 0 Å². The molecule has 1 aliphatic rings. The molecule has 0 radical (unpaired) electrons. The second-order valence-electron chi connectivity index (χ2n) is 7.48. The molecule has 0 aromatic heterocycles. The zero-order valence-electron chi connectivity index (χ0n) is 16.7. The predicted octanol–water partition coefficient (Wildman–Crippen LogP) is 4.59. The summed E-state index contributed by atoms with van der Waals surface area (Å²) in [7, 11) is 1.50. The van der Waals surface area contributed by atoms with Gasteiger partial charge in [-0.15, -0.1) is 0 Å². The number of hydrogen-bond acceptors (Lipinski definition) is 5. The van der Waals surface area contributed by atoms with Crippen molar-refractivity contribution in [2.24, 2.45) is 0 Å². The van der Waals surface area contributed by atoms with Crippen LogP contribution in [-0.4, -0.2) is 22.9 Å². The minimum absolute atomic E-state index is 0.0305. The Bertz CT molecular complexity index is 796. The van der Waals surface area contributed by atoms with E-state index < -0.39 is 5.60 Å². The maximum Gasteiger partial charge on any atom is 0.115 e. The number of nitrogens with one attached hydrogen (secondary N) is 1. The van der Waals surface area contributed by atoms with Crippen LogP contribution in [0.1, 0.15) is 57.1 Å². The van der Waals surface area contributed by atoms with E-state index in [2.05, 4.69) is 17.5 Å². The smallest absolute Gasteiger partial charge is 0.115 e. The van der Waals surface area contributed by atoms with Gasteiger partial charge in [-0.25, -0.2) is 0 Å². The van der Waals surface area contributed by atoms with Gasteiger partial charge in [0.15, 0.2) is 0 Å². The Hall–Kier alpha value is -2.26. The minimum atomic E-state index is -0.463. The summed E-state index contributed by atoms with van der Waals surface area (Å²) < 4.78 is 0. The molecule has 2 rings (SSSR count). The summed E-state index contributed by atoms with van der Waals surface area (Å²) in [5, 5.41) is 20.2. The highest BCUT2D eigenvalue weighted by molar-refractivity contribution is 5.50. The molecule has 1 aromatic rings. The van der Waals surface area contributed by atoms with Crippen molar-refractivity contribution >= 4 is 0 Å². The maximum atomic E-state index is 10.2. The minimum Gasteiger partial charge on any atom is -0.511 e. The third kappa shape index (κ3) is 5.86. The van der Waals surface area contributed by atoms with Crippen molar-refractivity contribution in [3.8, 4) is 17.6 Å².